The summed E-state index contributed by atoms with van der Waals surface area (Å²) in [5, 5.41) is 14.1. The summed E-state index contributed by atoms with van der Waals surface area (Å²) in [6.45, 7) is 0. The van der Waals surface area contributed by atoms with Gasteiger partial charge in [-0.15, -0.1) is 21.5 Å². The zero-order chi connectivity index (χ0) is 18.2. The first-order valence-corrected chi connectivity index (χ1v) is 10.8. The molecule has 134 valence electrons. The number of para-hydroxylation sites is 1. The van der Waals surface area contributed by atoms with E-state index in [2.05, 4.69) is 21.2 Å². The van der Waals surface area contributed by atoms with Crippen LogP contribution in [0.15, 0.2) is 52.9 Å². The van der Waals surface area contributed by atoms with Crippen LogP contribution in [0.5, 0.6) is 5.75 Å². The van der Waals surface area contributed by atoms with Crippen LogP contribution in [0.4, 0.5) is 0 Å². The third kappa shape index (κ3) is 3.18. The van der Waals surface area contributed by atoms with E-state index in [1.165, 1.54) is 16.0 Å². The third-order valence-electron chi connectivity index (χ3n) is 3.97. The average molecular weight is 412 g/mol. The molecule has 6 nitrogen and oxygen atoms in total. The summed E-state index contributed by atoms with van der Waals surface area (Å²) < 4.78 is 9.34. The molecule has 0 atom stereocenters. The minimum atomic E-state index is 0.669. The number of hydrogen-bond acceptors (Lipinski definition) is 8. The standard InChI is InChI=1S/C18H13N5OS3/c1-24-12-6-4-5-11(9-12)16-22-23-15(20-21-17(23)27-16)10-25-18-19-13-7-2-3-8-14(13)26-18/h2-9H,10H2,1H3. The van der Waals surface area contributed by atoms with Gasteiger partial charge in [-0.1, -0.05) is 47.4 Å². The first kappa shape index (κ1) is 16.7. The molecule has 5 rings (SSSR count). The monoisotopic (exact) mass is 411 g/mol. The predicted molar refractivity (Wildman–Crippen MR) is 110 cm³/mol. The van der Waals surface area contributed by atoms with Crippen molar-refractivity contribution in [1.82, 2.24) is 24.8 Å². The Kier molecular flexibility index (Phi) is 4.27. The van der Waals surface area contributed by atoms with Crippen LogP contribution in [0.3, 0.4) is 0 Å². The Hall–Kier alpha value is -2.49. The first-order valence-electron chi connectivity index (χ1n) is 8.14. The fourth-order valence-electron chi connectivity index (χ4n) is 2.66. The lowest BCUT2D eigenvalue weighted by Gasteiger charge is -2.00. The van der Waals surface area contributed by atoms with E-state index in [4.69, 9.17) is 9.84 Å². The number of hydrogen-bond donors (Lipinski definition) is 0. The van der Waals surface area contributed by atoms with E-state index < -0.39 is 0 Å². The average Bonchev–Trinajstić information content (AvgIpc) is 3.40. The lowest BCUT2D eigenvalue weighted by Crippen LogP contribution is -1.94. The Bertz CT molecular complexity index is 1210. The van der Waals surface area contributed by atoms with Gasteiger partial charge in [-0.25, -0.2) is 4.98 Å². The summed E-state index contributed by atoms with van der Waals surface area (Å²) >= 11 is 4.87. The van der Waals surface area contributed by atoms with Gasteiger partial charge in [0.2, 0.25) is 4.96 Å². The summed E-state index contributed by atoms with van der Waals surface area (Å²) in [5.74, 6) is 2.30. The molecule has 0 bridgehead atoms. The van der Waals surface area contributed by atoms with Gasteiger partial charge in [0.05, 0.1) is 23.1 Å². The number of thioether (sulfide) groups is 1. The van der Waals surface area contributed by atoms with Crippen LogP contribution in [0.1, 0.15) is 5.82 Å². The number of methoxy groups -OCH3 is 1. The van der Waals surface area contributed by atoms with Crippen LogP contribution in [-0.2, 0) is 5.75 Å². The zero-order valence-electron chi connectivity index (χ0n) is 14.2. The van der Waals surface area contributed by atoms with Crippen LogP contribution in [0, 0.1) is 0 Å². The normalized spacial score (nSPS) is 11.4. The molecule has 0 amide bonds. The molecule has 0 fully saturated rings. The minimum absolute atomic E-state index is 0.669. The van der Waals surface area contributed by atoms with Gasteiger partial charge in [0.1, 0.15) is 10.8 Å². The molecule has 5 aromatic rings. The molecule has 0 unspecified atom stereocenters. The highest BCUT2D eigenvalue weighted by molar-refractivity contribution is 8.00. The van der Waals surface area contributed by atoms with Crippen molar-refractivity contribution in [2.24, 2.45) is 0 Å². The van der Waals surface area contributed by atoms with E-state index in [1.54, 1.807) is 30.2 Å². The molecular formula is C18H13N5OS3. The molecule has 3 aromatic heterocycles. The van der Waals surface area contributed by atoms with Gasteiger partial charge in [-0.2, -0.15) is 9.61 Å². The molecule has 0 saturated carbocycles. The van der Waals surface area contributed by atoms with Crippen LogP contribution in [-0.4, -0.2) is 31.9 Å². The maximum absolute atomic E-state index is 5.30. The molecule has 0 saturated heterocycles. The smallest absolute Gasteiger partial charge is 0.235 e. The van der Waals surface area contributed by atoms with E-state index in [9.17, 15) is 0 Å². The van der Waals surface area contributed by atoms with E-state index in [-0.39, 0.29) is 0 Å². The van der Waals surface area contributed by atoms with Crippen molar-refractivity contribution >= 4 is 49.6 Å². The molecule has 0 radical (unpaired) electrons. The molecule has 0 N–H and O–H groups in total. The summed E-state index contributed by atoms with van der Waals surface area (Å²) in [6.07, 6.45) is 0. The number of nitrogens with zero attached hydrogens (tertiary/aromatic N) is 5. The lowest BCUT2D eigenvalue weighted by molar-refractivity contribution is 0.415. The van der Waals surface area contributed by atoms with Crippen LogP contribution in [0.2, 0.25) is 0 Å². The molecule has 2 aromatic carbocycles. The van der Waals surface area contributed by atoms with Crippen molar-refractivity contribution in [3.8, 4) is 16.3 Å². The van der Waals surface area contributed by atoms with Crippen molar-refractivity contribution in [2.75, 3.05) is 7.11 Å². The molecule has 0 spiro atoms. The second-order valence-corrected chi connectivity index (χ2v) is 8.90. The maximum Gasteiger partial charge on any atom is 0.235 e. The van der Waals surface area contributed by atoms with Crippen molar-refractivity contribution in [3.05, 3.63) is 54.4 Å². The summed E-state index contributed by atoms with van der Waals surface area (Å²) in [5.41, 5.74) is 2.04. The van der Waals surface area contributed by atoms with Crippen molar-refractivity contribution in [1.29, 1.82) is 0 Å². The highest BCUT2D eigenvalue weighted by Gasteiger charge is 2.14. The maximum atomic E-state index is 5.30. The number of benzene rings is 2. The number of fused-ring (bicyclic) bond motifs is 2. The fraction of sp³-hybridized carbons (Fsp3) is 0.111. The van der Waals surface area contributed by atoms with Gasteiger partial charge < -0.3 is 4.74 Å². The molecule has 3 heterocycles. The molecular weight excluding hydrogens is 398 g/mol. The molecule has 0 aliphatic rings. The molecule has 9 heteroatoms. The lowest BCUT2D eigenvalue weighted by atomic mass is 10.2. The summed E-state index contributed by atoms with van der Waals surface area (Å²) in [6, 6.07) is 16.0. The number of ether oxygens (including phenoxy) is 1. The second-order valence-electron chi connectivity index (χ2n) is 5.69. The Labute approximate surface area is 166 Å². The zero-order valence-corrected chi connectivity index (χ0v) is 16.6. The summed E-state index contributed by atoms with van der Waals surface area (Å²) in [7, 11) is 1.66. The number of aromatic nitrogens is 5. The fourth-order valence-corrected chi connectivity index (χ4v) is 5.49. The SMILES string of the molecule is COc1cccc(-c2nn3c(CSc4nc5ccccc5s4)nnc3s2)c1. The Morgan fingerprint density at radius 3 is 2.89 bits per heavy atom. The van der Waals surface area contributed by atoms with Gasteiger partial charge in [-0.05, 0) is 24.3 Å². The molecule has 0 aliphatic heterocycles. The largest absolute Gasteiger partial charge is 0.497 e. The second kappa shape index (κ2) is 6.91. The van der Waals surface area contributed by atoms with Gasteiger partial charge >= 0.3 is 0 Å². The van der Waals surface area contributed by atoms with E-state index in [0.717, 1.165) is 37.0 Å². The highest BCUT2D eigenvalue weighted by atomic mass is 32.2. The molecule has 0 aliphatic carbocycles. The van der Waals surface area contributed by atoms with Gasteiger partial charge in [0.15, 0.2) is 10.2 Å². The van der Waals surface area contributed by atoms with Crippen LogP contribution < -0.4 is 4.74 Å². The third-order valence-corrected chi connectivity index (χ3v) is 7.09. The molecule has 27 heavy (non-hydrogen) atoms. The summed E-state index contributed by atoms with van der Waals surface area (Å²) in [4.78, 5) is 5.44. The number of thiazole rings is 1. The minimum Gasteiger partial charge on any atom is -0.497 e. The van der Waals surface area contributed by atoms with Crippen molar-refractivity contribution in [2.45, 2.75) is 10.1 Å². The predicted octanol–water partition coefficient (Wildman–Crippen LogP) is 4.76. The topological polar surface area (TPSA) is 65.2 Å². The van der Waals surface area contributed by atoms with Crippen LogP contribution in [0.25, 0.3) is 25.7 Å². The quantitative estimate of drug-likeness (QED) is 0.388. The van der Waals surface area contributed by atoms with Crippen LogP contribution >= 0.6 is 34.4 Å². The number of rotatable bonds is 5. The van der Waals surface area contributed by atoms with Gasteiger partial charge in [-0.3, -0.25) is 0 Å². The highest BCUT2D eigenvalue weighted by Crippen LogP contribution is 2.32. The Morgan fingerprint density at radius 2 is 2.00 bits per heavy atom. The first-order chi connectivity index (χ1) is 13.3. The van der Waals surface area contributed by atoms with Crippen molar-refractivity contribution < 1.29 is 4.74 Å². The van der Waals surface area contributed by atoms with E-state index in [1.807, 2.05) is 47.0 Å². The van der Waals surface area contributed by atoms with E-state index >= 15 is 0 Å². The van der Waals surface area contributed by atoms with Crippen molar-refractivity contribution in [3.63, 3.8) is 0 Å². The van der Waals surface area contributed by atoms with E-state index in [0.29, 0.717) is 5.75 Å². The van der Waals surface area contributed by atoms with Gasteiger partial charge in [0.25, 0.3) is 0 Å². The Balaban J connectivity index is 1.41. The Morgan fingerprint density at radius 1 is 1.07 bits per heavy atom. The van der Waals surface area contributed by atoms with Gasteiger partial charge in [0, 0.05) is 5.56 Å².